The quantitative estimate of drug-likeness (QED) is 0.873. The van der Waals surface area contributed by atoms with E-state index >= 15 is 0 Å². The molecule has 5 nitrogen and oxygen atoms in total. The summed E-state index contributed by atoms with van der Waals surface area (Å²) in [7, 11) is -3.71. The molecule has 2 heterocycles. The fraction of sp³-hybridized carbons (Fsp3) is 0.267. The Labute approximate surface area is 123 Å². The zero-order valence-corrected chi connectivity index (χ0v) is 12.2. The topological polar surface area (TPSA) is 67.6 Å². The molecule has 110 valence electrons. The van der Waals surface area contributed by atoms with Gasteiger partial charge in [-0.05, 0) is 37.1 Å². The number of likely N-dealkylation sites (tertiary alicyclic amines) is 1. The van der Waals surface area contributed by atoms with Crippen molar-refractivity contribution >= 4 is 15.7 Å². The van der Waals surface area contributed by atoms with Gasteiger partial charge < -0.3 is 9.32 Å². The molecule has 21 heavy (non-hydrogen) atoms. The second kappa shape index (κ2) is 5.37. The summed E-state index contributed by atoms with van der Waals surface area (Å²) in [4.78, 5) is 14.0. The number of benzene rings is 1. The van der Waals surface area contributed by atoms with E-state index in [1.54, 1.807) is 23.1 Å². The minimum atomic E-state index is -3.71. The summed E-state index contributed by atoms with van der Waals surface area (Å²) in [5.41, 5.74) is 0. The van der Waals surface area contributed by atoms with Gasteiger partial charge in [-0.2, -0.15) is 0 Å². The molecular weight excluding hydrogens is 290 g/mol. The van der Waals surface area contributed by atoms with Crippen LogP contribution in [-0.2, 0) is 9.84 Å². The van der Waals surface area contributed by atoms with Crippen molar-refractivity contribution in [3.05, 3.63) is 48.2 Å². The number of carbonyl (C=O) groups is 1. The Balaban J connectivity index is 1.90. The van der Waals surface area contributed by atoms with Gasteiger partial charge in [-0.3, -0.25) is 4.79 Å². The standard InChI is InChI=1S/C15H15NO4S/c17-15(16-10-4-5-11-16)13-8-9-14(20-13)21(18,19)12-6-2-1-3-7-12/h1-3,6-9H,4-5,10-11H2. The van der Waals surface area contributed by atoms with Crippen LogP contribution in [0.2, 0.25) is 0 Å². The van der Waals surface area contributed by atoms with E-state index in [2.05, 4.69) is 0 Å². The maximum Gasteiger partial charge on any atom is 0.289 e. The van der Waals surface area contributed by atoms with Crippen LogP contribution in [0.5, 0.6) is 0 Å². The Morgan fingerprint density at radius 3 is 2.33 bits per heavy atom. The van der Waals surface area contributed by atoms with Gasteiger partial charge in [0.05, 0.1) is 4.90 Å². The monoisotopic (exact) mass is 305 g/mol. The smallest absolute Gasteiger partial charge is 0.289 e. The Kier molecular flexibility index (Phi) is 3.55. The molecule has 0 radical (unpaired) electrons. The molecule has 1 aliphatic heterocycles. The maximum atomic E-state index is 12.4. The third-order valence-electron chi connectivity index (χ3n) is 3.50. The van der Waals surface area contributed by atoms with E-state index in [0.717, 1.165) is 12.8 Å². The third-order valence-corrected chi connectivity index (χ3v) is 5.15. The summed E-state index contributed by atoms with van der Waals surface area (Å²) < 4.78 is 30.0. The molecule has 1 aromatic heterocycles. The van der Waals surface area contributed by atoms with E-state index in [0.29, 0.717) is 13.1 Å². The molecule has 1 fully saturated rings. The maximum absolute atomic E-state index is 12.4. The van der Waals surface area contributed by atoms with Gasteiger partial charge in [-0.1, -0.05) is 18.2 Å². The molecule has 0 unspecified atom stereocenters. The van der Waals surface area contributed by atoms with Crippen LogP contribution in [0.15, 0.2) is 56.9 Å². The van der Waals surface area contributed by atoms with Crippen molar-refractivity contribution in [1.82, 2.24) is 4.90 Å². The van der Waals surface area contributed by atoms with Crippen LogP contribution in [0.1, 0.15) is 23.4 Å². The van der Waals surface area contributed by atoms with Crippen molar-refractivity contribution in [3.63, 3.8) is 0 Å². The summed E-state index contributed by atoms with van der Waals surface area (Å²) in [6.07, 6.45) is 1.95. The molecule has 3 rings (SSSR count). The molecule has 1 amide bonds. The van der Waals surface area contributed by atoms with E-state index in [4.69, 9.17) is 4.42 Å². The highest BCUT2D eigenvalue weighted by Gasteiger charge is 2.26. The Bertz CT molecular complexity index is 743. The molecule has 0 bridgehead atoms. The summed E-state index contributed by atoms with van der Waals surface area (Å²) in [5.74, 6) is -0.173. The summed E-state index contributed by atoms with van der Waals surface area (Å²) in [6, 6.07) is 10.8. The number of carbonyl (C=O) groups excluding carboxylic acids is 1. The number of hydrogen-bond acceptors (Lipinski definition) is 4. The van der Waals surface area contributed by atoms with Gasteiger partial charge in [0.2, 0.25) is 14.9 Å². The summed E-state index contributed by atoms with van der Waals surface area (Å²) >= 11 is 0. The summed E-state index contributed by atoms with van der Waals surface area (Å²) in [6.45, 7) is 1.39. The minimum Gasteiger partial charge on any atom is -0.439 e. The van der Waals surface area contributed by atoms with E-state index in [1.807, 2.05) is 0 Å². The van der Waals surface area contributed by atoms with Crippen molar-refractivity contribution < 1.29 is 17.6 Å². The van der Waals surface area contributed by atoms with Crippen molar-refractivity contribution in [1.29, 1.82) is 0 Å². The molecule has 0 N–H and O–H groups in total. The second-order valence-corrected chi connectivity index (χ2v) is 6.82. The van der Waals surface area contributed by atoms with Gasteiger partial charge in [0.25, 0.3) is 5.91 Å². The minimum absolute atomic E-state index is 0.0754. The SMILES string of the molecule is O=C(c1ccc(S(=O)(=O)c2ccccc2)o1)N1CCCC1. The molecule has 6 heteroatoms. The zero-order valence-electron chi connectivity index (χ0n) is 11.4. The van der Waals surface area contributed by atoms with E-state index in [1.165, 1.54) is 24.3 Å². The fourth-order valence-electron chi connectivity index (χ4n) is 2.37. The van der Waals surface area contributed by atoms with Crippen LogP contribution < -0.4 is 0 Å². The average molecular weight is 305 g/mol. The lowest BCUT2D eigenvalue weighted by atomic mass is 10.4. The predicted octanol–water partition coefficient (Wildman–Crippen LogP) is 2.35. The number of amides is 1. The van der Waals surface area contributed by atoms with Gasteiger partial charge in [0.1, 0.15) is 0 Å². The number of sulfone groups is 1. The van der Waals surface area contributed by atoms with Crippen LogP contribution >= 0.6 is 0 Å². The first-order valence-corrected chi connectivity index (χ1v) is 8.26. The highest BCUT2D eigenvalue weighted by Crippen LogP contribution is 2.24. The molecule has 0 atom stereocenters. The second-order valence-electron chi connectivity index (χ2n) is 4.93. The van der Waals surface area contributed by atoms with Crippen molar-refractivity contribution in [3.8, 4) is 0 Å². The predicted molar refractivity (Wildman–Crippen MR) is 75.7 cm³/mol. The van der Waals surface area contributed by atoms with E-state index in [9.17, 15) is 13.2 Å². The number of hydrogen-bond donors (Lipinski definition) is 0. The lowest BCUT2D eigenvalue weighted by Gasteiger charge is -2.12. The van der Waals surface area contributed by atoms with E-state index in [-0.39, 0.29) is 21.7 Å². The van der Waals surface area contributed by atoms with Crippen LogP contribution in [0.25, 0.3) is 0 Å². The molecule has 0 spiro atoms. The van der Waals surface area contributed by atoms with Gasteiger partial charge in [-0.15, -0.1) is 0 Å². The molecular formula is C15H15NO4S. The van der Waals surface area contributed by atoms with Crippen LogP contribution in [-0.4, -0.2) is 32.3 Å². The van der Waals surface area contributed by atoms with Gasteiger partial charge >= 0.3 is 0 Å². The highest BCUT2D eigenvalue weighted by molar-refractivity contribution is 7.91. The largest absolute Gasteiger partial charge is 0.439 e. The Morgan fingerprint density at radius 1 is 1.00 bits per heavy atom. The zero-order chi connectivity index (χ0) is 14.9. The highest BCUT2D eigenvalue weighted by atomic mass is 32.2. The van der Waals surface area contributed by atoms with Crippen LogP contribution in [0.3, 0.4) is 0 Å². The molecule has 0 aliphatic carbocycles. The molecule has 1 aromatic carbocycles. The first kappa shape index (κ1) is 13.9. The van der Waals surface area contributed by atoms with Crippen LogP contribution in [0, 0.1) is 0 Å². The molecule has 2 aromatic rings. The third kappa shape index (κ3) is 2.58. The van der Waals surface area contributed by atoms with Gasteiger partial charge in [-0.25, -0.2) is 8.42 Å². The number of nitrogens with zero attached hydrogens (tertiary/aromatic N) is 1. The van der Waals surface area contributed by atoms with Crippen molar-refractivity contribution in [2.45, 2.75) is 22.8 Å². The van der Waals surface area contributed by atoms with Crippen molar-refractivity contribution in [2.24, 2.45) is 0 Å². The van der Waals surface area contributed by atoms with Crippen LogP contribution in [0.4, 0.5) is 0 Å². The lowest BCUT2D eigenvalue weighted by molar-refractivity contribution is 0.0755. The Morgan fingerprint density at radius 2 is 1.67 bits per heavy atom. The first-order valence-electron chi connectivity index (χ1n) is 6.78. The van der Waals surface area contributed by atoms with Crippen molar-refractivity contribution in [2.75, 3.05) is 13.1 Å². The van der Waals surface area contributed by atoms with E-state index < -0.39 is 9.84 Å². The van der Waals surface area contributed by atoms with Gasteiger partial charge in [0, 0.05) is 13.1 Å². The summed E-state index contributed by atoms with van der Waals surface area (Å²) in [5, 5.41) is -0.198. The Hall–Kier alpha value is -2.08. The van der Waals surface area contributed by atoms with Gasteiger partial charge in [0.15, 0.2) is 5.76 Å². The number of furan rings is 1. The first-order chi connectivity index (χ1) is 10.1. The average Bonchev–Trinajstić information content (AvgIpc) is 3.19. The molecule has 1 saturated heterocycles. The lowest BCUT2D eigenvalue weighted by Crippen LogP contribution is -2.27. The number of rotatable bonds is 3. The normalized spacial score (nSPS) is 15.3. The molecule has 1 aliphatic rings. The molecule has 0 saturated carbocycles. The fourth-order valence-corrected chi connectivity index (χ4v) is 3.57.